The van der Waals surface area contributed by atoms with Gasteiger partial charge < -0.3 is 24.6 Å². The van der Waals surface area contributed by atoms with Gasteiger partial charge >= 0.3 is 12.2 Å². The second-order valence-corrected chi connectivity index (χ2v) is 8.84. The molecule has 0 unspecified atom stereocenters. The van der Waals surface area contributed by atoms with Crippen molar-refractivity contribution in [1.29, 1.82) is 0 Å². The summed E-state index contributed by atoms with van der Waals surface area (Å²) in [7, 11) is 1.48. The number of nitrogens with zero attached hydrogens (tertiary/aromatic N) is 4. The molecule has 2 aromatic carbocycles. The molecule has 0 aliphatic carbocycles. The molecule has 1 aliphatic rings. The number of hydrogen-bond acceptors (Lipinski definition) is 10. The van der Waals surface area contributed by atoms with Crippen LogP contribution < -0.4 is 0 Å². The van der Waals surface area contributed by atoms with Crippen LogP contribution in [0.4, 0.5) is 21.0 Å². The number of hydrogen-bond donors (Lipinski definition) is 2. The number of rotatable bonds is 10. The molecule has 0 aromatic heterocycles. The van der Waals surface area contributed by atoms with Gasteiger partial charge in [-0.3, -0.25) is 25.1 Å². The Morgan fingerprint density at radius 2 is 1.50 bits per heavy atom. The van der Waals surface area contributed by atoms with Gasteiger partial charge in [0, 0.05) is 37.9 Å². The van der Waals surface area contributed by atoms with Crippen molar-refractivity contribution in [1.82, 2.24) is 9.80 Å². The quantitative estimate of drug-likeness (QED) is 0.340. The van der Waals surface area contributed by atoms with Crippen molar-refractivity contribution in [2.75, 3.05) is 20.1 Å². The standard InChI is InChI=1S/C24H28N4O10/c1-25(23(31)37-14-16-2-6-18(7-3-16)27(33)34)11-10-22(30)21-12-20(29)13-26(21)24(32)38-15-17-4-8-19(9-5-17)28(35)36/h2-9,20-22,29-30H,10-15H2,1H3/t20-,21+,22+/m1/s1. The van der Waals surface area contributed by atoms with Gasteiger partial charge in [0.2, 0.25) is 0 Å². The average molecular weight is 533 g/mol. The van der Waals surface area contributed by atoms with Crippen LogP contribution in [0.15, 0.2) is 48.5 Å². The molecule has 14 heteroatoms. The van der Waals surface area contributed by atoms with Gasteiger partial charge in [-0.1, -0.05) is 0 Å². The first-order valence-electron chi connectivity index (χ1n) is 11.7. The number of likely N-dealkylation sites (tertiary alicyclic amines) is 1. The zero-order valence-electron chi connectivity index (χ0n) is 20.5. The minimum absolute atomic E-state index is 0.0338. The first-order chi connectivity index (χ1) is 18.0. The summed E-state index contributed by atoms with van der Waals surface area (Å²) in [6.07, 6.45) is -3.12. The Morgan fingerprint density at radius 3 is 2.00 bits per heavy atom. The highest BCUT2D eigenvalue weighted by Crippen LogP contribution is 2.24. The second-order valence-electron chi connectivity index (χ2n) is 8.84. The number of nitro benzene ring substituents is 2. The number of benzene rings is 2. The Bertz CT molecular complexity index is 1140. The molecule has 14 nitrogen and oxygen atoms in total. The van der Waals surface area contributed by atoms with Crippen molar-refractivity contribution in [3.05, 3.63) is 79.9 Å². The SMILES string of the molecule is CN(CC[C@H](O)[C@@H]1C[C@@H](O)CN1C(=O)OCc1ccc([N+](=O)[O-])cc1)C(=O)OCc1ccc([N+](=O)[O-])cc1. The molecule has 2 amide bonds. The third-order valence-electron chi connectivity index (χ3n) is 6.09. The summed E-state index contributed by atoms with van der Waals surface area (Å²) >= 11 is 0. The van der Waals surface area contributed by atoms with E-state index in [1.54, 1.807) is 0 Å². The average Bonchev–Trinajstić information content (AvgIpc) is 3.31. The molecule has 204 valence electrons. The van der Waals surface area contributed by atoms with Crippen LogP contribution in [0.3, 0.4) is 0 Å². The van der Waals surface area contributed by atoms with Crippen LogP contribution in [0.2, 0.25) is 0 Å². The topological polar surface area (TPSA) is 186 Å². The van der Waals surface area contributed by atoms with Crippen LogP contribution in [0.25, 0.3) is 0 Å². The number of amides is 2. The first kappa shape index (κ1) is 28.3. The fourth-order valence-electron chi connectivity index (χ4n) is 3.94. The summed E-state index contributed by atoms with van der Waals surface area (Å²) in [6.45, 7) is -0.172. The molecule has 38 heavy (non-hydrogen) atoms. The molecule has 0 radical (unpaired) electrons. The van der Waals surface area contributed by atoms with Crippen LogP contribution >= 0.6 is 0 Å². The number of β-amino-alcohol motifs (C(OH)–C–C–N with tert-alkyl or cyclic N) is 1. The van der Waals surface area contributed by atoms with Gasteiger partial charge in [0.15, 0.2) is 0 Å². The zero-order chi connectivity index (χ0) is 27.8. The van der Waals surface area contributed by atoms with Crippen LogP contribution in [-0.4, -0.2) is 80.4 Å². The lowest BCUT2D eigenvalue weighted by Gasteiger charge is -2.28. The minimum atomic E-state index is -1.07. The summed E-state index contributed by atoms with van der Waals surface area (Å²) in [4.78, 5) is 47.8. The first-order valence-corrected chi connectivity index (χ1v) is 11.7. The lowest BCUT2D eigenvalue weighted by molar-refractivity contribution is -0.385. The molecule has 1 heterocycles. The molecule has 0 bridgehead atoms. The molecule has 1 aliphatic heterocycles. The summed E-state index contributed by atoms with van der Waals surface area (Å²) in [5.41, 5.74) is 0.938. The van der Waals surface area contributed by atoms with Crippen molar-refractivity contribution < 1.29 is 39.1 Å². The van der Waals surface area contributed by atoms with Crippen LogP contribution in [0.1, 0.15) is 24.0 Å². The number of non-ortho nitro benzene ring substituents is 2. The third kappa shape index (κ3) is 7.60. The Labute approximate surface area is 217 Å². The third-order valence-corrected chi connectivity index (χ3v) is 6.09. The van der Waals surface area contributed by atoms with E-state index >= 15 is 0 Å². The number of carbonyl (C=O) groups excluding carboxylic acids is 2. The van der Waals surface area contributed by atoms with Crippen molar-refractivity contribution in [3.63, 3.8) is 0 Å². The molecule has 2 N–H and O–H groups in total. The van der Waals surface area contributed by atoms with Crippen molar-refractivity contribution in [2.45, 2.75) is 44.3 Å². The van der Waals surface area contributed by atoms with E-state index in [1.165, 1.54) is 65.4 Å². The number of ether oxygens (including phenoxy) is 2. The largest absolute Gasteiger partial charge is 0.445 e. The van der Waals surface area contributed by atoms with Gasteiger partial charge in [0.25, 0.3) is 11.4 Å². The molecule has 0 spiro atoms. The highest BCUT2D eigenvalue weighted by molar-refractivity contribution is 5.69. The number of aliphatic hydroxyl groups excluding tert-OH is 2. The highest BCUT2D eigenvalue weighted by Gasteiger charge is 2.39. The van der Waals surface area contributed by atoms with E-state index in [4.69, 9.17) is 9.47 Å². The van der Waals surface area contributed by atoms with Gasteiger partial charge in [-0.2, -0.15) is 0 Å². The predicted molar refractivity (Wildman–Crippen MR) is 131 cm³/mol. The summed E-state index contributed by atoms with van der Waals surface area (Å²) in [5.74, 6) is 0. The Balaban J connectivity index is 1.46. The van der Waals surface area contributed by atoms with Crippen molar-refractivity contribution in [3.8, 4) is 0 Å². The molecule has 1 saturated heterocycles. The fraction of sp³-hybridized carbons (Fsp3) is 0.417. The smallest absolute Gasteiger partial charge is 0.410 e. The van der Waals surface area contributed by atoms with E-state index in [9.17, 15) is 40.0 Å². The molecular weight excluding hydrogens is 504 g/mol. The number of nitro groups is 2. The second kappa shape index (κ2) is 12.8. The van der Waals surface area contributed by atoms with E-state index in [0.29, 0.717) is 11.1 Å². The summed E-state index contributed by atoms with van der Waals surface area (Å²) in [5, 5.41) is 42.3. The monoisotopic (exact) mass is 532 g/mol. The zero-order valence-corrected chi connectivity index (χ0v) is 20.5. The normalized spacial score (nSPS) is 17.5. The maximum Gasteiger partial charge on any atom is 0.410 e. The lowest BCUT2D eigenvalue weighted by atomic mass is 10.0. The lowest BCUT2D eigenvalue weighted by Crippen LogP contribution is -2.44. The van der Waals surface area contributed by atoms with Crippen LogP contribution in [0, 0.1) is 20.2 Å². The Hall–Kier alpha value is -4.30. The summed E-state index contributed by atoms with van der Waals surface area (Å²) in [6, 6.07) is 10.4. The van der Waals surface area contributed by atoms with Gasteiger partial charge in [-0.25, -0.2) is 9.59 Å². The fourth-order valence-corrected chi connectivity index (χ4v) is 3.94. The Kier molecular flexibility index (Phi) is 9.51. The number of carbonyl (C=O) groups is 2. The number of aliphatic hydroxyl groups is 2. The molecule has 0 saturated carbocycles. The Morgan fingerprint density at radius 1 is 1.00 bits per heavy atom. The molecule has 3 atom stereocenters. The van der Waals surface area contributed by atoms with Gasteiger partial charge in [-0.05, 0) is 48.2 Å². The van der Waals surface area contributed by atoms with Crippen LogP contribution in [0.5, 0.6) is 0 Å². The van der Waals surface area contributed by atoms with E-state index < -0.39 is 40.3 Å². The minimum Gasteiger partial charge on any atom is -0.445 e. The maximum absolute atomic E-state index is 12.6. The van der Waals surface area contributed by atoms with Crippen molar-refractivity contribution >= 4 is 23.6 Å². The van der Waals surface area contributed by atoms with E-state index in [1.807, 2.05) is 0 Å². The van der Waals surface area contributed by atoms with Crippen LogP contribution in [-0.2, 0) is 22.7 Å². The molecule has 2 aromatic rings. The van der Waals surface area contributed by atoms with Gasteiger partial charge in [-0.15, -0.1) is 0 Å². The van der Waals surface area contributed by atoms with Gasteiger partial charge in [0.1, 0.15) is 13.2 Å². The highest BCUT2D eigenvalue weighted by atomic mass is 16.6. The predicted octanol–water partition coefficient (Wildman–Crippen LogP) is 2.59. The van der Waals surface area contributed by atoms with Gasteiger partial charge in [0.05, 0.1) is 34.6 Å². The molecular formula is C24H28N4O10. The van der Waals surface area contributed by atoms with E-state index in [-0.39, 0.29) is 50.5 Å². The van der Waals surface area contributed by atoms with Crippen molar-refractivity contribution in [2.24, 2.45) is 0 Å². The molecule has 3 rings (SSSR count). The summed E-state index contributed by atoms with van der Waals surface area (Å²) < 4.78 is 10.5. The molecule has 1 fully saturated rings. The van der Waals surface area contributed by atoms with E-state index in [2.05, 4.69) is 0 Å². The maximum atomic E-state index is 12.6. The van der Waals surface area contributed by atoms with E-state index in [0.717, 1.165) is 0 Å².